The van der Waals surface area contributed by atoms with Crippen molar-refractivity contribution in [1.82, 2.24) is 0 Å². The number of rotatable bonds is 42. The van der Waals surface area contributed by atoms with Gasteiger partial charge in [-0.2, -0.15) is 0 Å². The van der Waals surface area contributed by atoms with Crippen LogP contribution in [0.4, 0.5) is 0 Å². The number of aliphatic hydroxyl groups excluding tert-OH is 3. The zero-order valence-electron chi connectivity index (χ0n) is 40.0. The summed E-state index contributed by atoms with van der Waals surface area (Å²) in [6, 6.07) is 0. The number of phosphoric acid groups is 3. The van der Waals surface area contributed by atoms with Crippen molar-refractivity contribution in [2.45, 2.75) is 236 Å². The molecule has 0 aromatic carbocycles. The van der Waals surface area contributed by atoms with Crippen LogP contribution in [0.25, 0.3) is 0 Å². The van der Waals surface area contributed by atoms with E-state index >= 15 is 0 Å². The zero-order valence-corrected chi connectivity index (χ0v) is 42.7. The fourth-order valence-corrected chi connectivity index (χ4v) is 9.65. The van der Waals surface area contributed by atoms with Crippen molar-refractivity contribution in [2.24, 2.45) is 0 Å². The molecule has 0 heterocycles. The third-order valence-electron chi connectivity index (χ3n) is 11.3. The van der Waals surface area contributed by atoms with Gasteiger partial charge in [-0.1, -0.05) is 160 Å². The van der Waals surface area contributed by atoms with E-state index in [0.717, 1.165) is 89.9 Å². The van der Waals surface area contributed by atoms with Gasteiger partial charge < -0.3 is 49.3 Å². The van der Waals surface area contributed by atoms with Crippen LogP contribution in [0.1, 0.15) is 194 Å². The minimum Gasteiger partial charge on any atom is -0.462 e. The molecule has 1 rings (SSSR count). The minimum absolute atomic E-state index is 0.000198. The fourth-order valence-electron chi connectivity index (χ4n) is 7.55. The molecule has 394 valence electrons. The lowest BCUT2D eigenvalue weighted by atomic mass is 9.85. The summed E-state index contributed by atoms with van der Waals surface area (Å²) in [5.74, 6) is -1.30. The number of carbonyl (C=O) groups excluding carboxylic acids is 2. The number of hydrogen-bond donors (Lipinski definition) is 8. The highest BCUT2D eigenvalue weighted by Crippen LogP contribution is 2.51. The topological polar surface area (TPSA) is 303 Å². The molecular weight excluding hydrogens is 937 g/mol. The standard InChI is InChI=1S/C45H85O19P3/c1-3-5-7-9-11-13-15-17-18-19-20-22-23-25-27-29-31-33-38(46)59-35-37(61-39(47)34-32-30-28-26-24-21-16-14-12-10-8-6-4-2)36-60-67(57,58)64-43-40(48)41(49)44(62-65(51,52)53)45(42(43)50)63-66(54,55)56/h11,13,17-18,37,40-45,48-50H,3-10,12,14-16,19-36H2,1-2H3,(H,57,58)(H2,51,52,53)(H2,54,55,56). The number of unbranched alkanes of at least 4 members (excludes halogenated alkanes) is 22. The molecule has 8 unspecified atom stereocenters. The summed E-state index contributed by atoms with van der Waals surface area (Å²) in [6.07, 6.45) is 20.5. The Morgan fingerprint density at radius 1 is 0.478 bits per heavy atom. The molecule has 8 N–H and O–H groups in total. The number of aliphatic hydroxyl groups is 3. The third-order valence-corrected chi connectivity index (χ3v) is 13.3. The molecule has 0 radical (unpaired) electrons. The lowest BCUT2D eigenvalue weighted by molar-refractivity contribution is -0.213. The first-order valence-corrected chi connectivity index (χ1v) is 29.2. The van der Waals surface area contributed by atoms with Crippen molar-refractivity contribution in [3.05, 3.63) is 24.3 Å². The smallest absolute Gasteiger partial charge is 0.462 e. The molecular formula is C45H85O19P3. The van der Waals surface area contributed by atoms with Crippen molar-refractivity contribution < 1.29 is 90.6 Å². The Labute approximate surface area is 398 Å². The maximum absolute atomic E-state index is 13.1. The quantitative estimate of drug-likeness (QED) is 0.0122. The number of phosphoric ester groups is 3. The molecule has 0 aromatic heterocycles. The molecule has 1 aliphatic carbocycles. The van der Waals surface area contributed by atoms with Gasteiger partial charge >= 0.3 is 35.4 Å². The average molecular weight is 1020 g/mol. The van der Waals surface area contributed by atoms with E-state index in [0.29, 0.717) is 12.8 Å². The second-order valence-electron chi connectivity index (χ2n) is 17.4. The van der Waals surface area contributed by atoms with Crippen LogP contribution in [0.5, 0.6) is 0 Å². The Kier molecular flexibility index (Phi) is 35.5. The van der Waals surface area contributed by atoms with Gasteiger partial charge in [-0.25, -0.2) is 13.7 Å². The van der Waals surface area contributed by atoms with Crippen LogP contribution in [-0.4, -0.2) is 108 Å². The first kappa shape index (κ1) is 63.6. The molecule has 0 amide bonds. The van der Waals surface area contributed by atoms with Crippen molar-refractivity contribution in [1.29, 1.82) is 0 Å². The van der Waals surface area contributed by atoms with Gasteiger partial charge in [0.1, 0.15) is 43.2 Å². The lowest BCUT2D eigenvalue weighted by Crippen LogP contribution is -2.65. The Morgan fingerprint density at radius 2 is 0.866 bits per heavy atom. The summed E-state index contributed by atoms with van der Waals surface area (Å²) < 4.78 is 65.5. The van der Waals surface area contributed by atoms with Crippen LogP contribution in [0.2, 0.25) is 0 Å². The molecule has 1 aliphatic rings. The van der Waals surface area contributed by atoms with Gasteiger partial charge in [-0.3, -0.25) is 27.7 Å². The highest BCUT2D eigenvalue weighted by molar-refractivity contribution is 7.47. The third kappa shape index (κ3) is 33.8. The summed E-state index contributed by atoms with van der Waals surface area (Å²) in [7, 11) is -16.6. The normalized spacial score (nSPS) is 21.8. The van der Waals surface area contributed by atoms with Crippen molar-refractivity contribution >= 4 is 35.4 Å². The van der Waals surface area contributed by atoms with E-state index in [-0.39, 0.29) is 12.8 Å². The summed E-state index contributed by atoms with van der Waals surface area (Å²) in [4.78, 5) is 73.2. The molecule has 67 heavy (non-hydrogen) atoms. The Morgan fingerprint density at radius 3 is 1.34 bits per heavy atom. The zero-order chi connectivity index (χ0) is 50.0. The van der Waals surface area contributed by atoms with Crippen LogP contribution in [0.3, 0.4) is 0 Å². The number of carbonyl (C=O) groups is 2. The predicted molar refractivity (Wildman–Crippen MR) is 252 cm³/mol. The molecule has 0 spiro atoms. The number of ether oxygens (including phenoxy) is 2. The largest absolute Gasteiger partial charge is 0.472 e. The molecule has 0 aromatic rings. The van der Waals surface area contributed by atoms with Crippen LogP contribution in [0, 0.1) is 0 Å². The minimum atomic E-state index is -5.60. The average Bonchev–Trinajstić information content (AvgIpc) is 3.25. The van der Waals surface area contributed by atoms with Gasteiger partial charge in [0.05, 0.1) is 6.61 Å². The van der Waals surface area contributed by atoms with Crippen LogP contribution in [0.15, 0.2) is 24.3 Å². The molecule has 1 fully saturated rings. The second kappa shape index (κ2) is 37.4. The van der Waals surface area contributed by atoms with Crippen molar-refractivity contribution in [3.63, 3.8) is 0 Å². The van der Waals surface area contributed by atoms with E-state index in [2.05, 4.69) is 47.2 Å². The Bertz CT molecular complexity index is 1500. The summed E-state index contributed by atoms with van der Waals surface area (Å²) in [5, 5.41) is 31.9. The van der Waals surface area contributed by atoms with E-state index in [1.165, 1.54) is 64.2 Å². The summed E-state index contributed by atoms with van der Waals surface area (Å²) in [5.41, 5.74) is 0. The maximum Gasteiger partial charge on any atom is 0.472 e. The van der Waals surface area contributed by atoms with E-state index in [9.17, 15) is 63.1 Å². The number of allylic oxidation sites excluding steroid dienone is 4. The van der Waals surface area contributed by atoms with Crippen molar-refractivity contribution in [3.8, 4) is 0 Å². The molecule has 19 nitrogen and oxygen atoms in total. The highest BCUT2D eigenvalue weighted by atomic mass is 31.2. The van der Waals surface area contributed by atoms with Gasteiger partial charge in [0.25, 0.3) is 0 Å². The van der Waals surface area contributed by atoms with Gasteiger partial charge in [-0.05, 0) is 44.9 Å². The number of hydrogen-bond acceptors (Lipinski definition) is 14. The first-order valence-electron chi connectivity index (χ1n) is 24.6. The molecule has 0 aliphatic heterocycles. The van der Waals surface area contributed by atoms with Gasteiger partial charge in [0.15, 0.2) is 6.10 Å². The van der Waals surface area contributed by atoms with Crippen LogP contribution >= 0.6 is 23.5 Å². The molecule has 1 saturated carbocycles. The van der Waals surface area contributed by atoms with Crippen molar-refractivity contribution in [2.75, 3.05) is 13.2 Å². The Hall–Kier alpha value is -1.37. The van der Waals surface area contributed by atoms with Gasteiger partial charge in [0, 0.05) is 12.8 Å². The maximum atomic E-state index is 13.1. The SMILES string of the molecule is CCCCCC=CCC=CCCCCCCCCCC(=O)OCC(COP(=O)(O)OC1C(O)C(O)C(OP(=O)(O)O)C(OP(=O)(O)O)C1O)OC(=O)CCCCCCCCCCCCCCC. The number of esters is 2. The Balaban J connectivity index is 2.70. The van der Waals surface area contributed by atoms with E-state index in [1.54, 1.807) is 0 Å². The van der Waals surface area contributed by atoms with Gasteiger partial charge in [0.2, 0.25) is 0 Å². The molecule has 8 atom stereocenters. The lowest BCUT2D eigenvalue weighted by Gasteiger charge is -2.44. The van der Waals surface area contributed by atoms with Gasteiger partial charge in [-0.15, -0.1) is 0 Å². The van der Waals surface area contributed by atoms with E-state index < -0.39 is 91.3 Å². The molecule has 0 bridgehead atoms. The molecule has 0 saturated heterocycles. The molecule has 22 heteroatoms. The van der Waals surface area contributed by atoms with E-state index in [4.69, 9.17) is 18.5 Å². The summed E-state index contributed by atoms with van der Waals surface area (Å²) >= 11 is 0. The predicted octanol–water partition coefficient (Wildman–Crippen LogP) is 9.07. The summed E-state index contributed by atoms with van der Waals surface area (Å²) in [6.45, 7) is 2.92. The monoisotopic (exact) mass is 1020 g/mol. The van der Waals surface area contributed by atoms with E-state index in [1.807, 2.05) is 0 Å². The first-order chi connectivity index (χ1) is 31.8. The van der Waals surface area contributed by atoms with Crippen LogP contribution in [-0.2, 0) is 50.9 Å². The fraction of sp³-hybridized carbons (Fsp3) is 0.867. The highest BCUT2D eigenvalue weighted by Gasteiger charge is 2.56. The van der Waals surface area contributed by atoms with Crippen LogP contribution < -0.4 is 0 Å². The second-order valence-corrected chi connectivity index (χ2v) is 21.2.